The lowest BCUT2D eigenvalue weighted by atomic mass is 10.1. The molecule has 3 rings (SSSR count). The maximum Gasteiger partial charge on any atom is 0.316 e. The van der Waals surface area contributed by atoms with Crippen LogP contribution in [0.3, 0.4) is 0 Å². The molecule has 1 fully saturated rings. The zero-order valence-electron chi connectivity index (χ0n) is 14.1. The van der Waals surface area contributed by atoms with E-state index in [4.69, 9.17) is 4.74 Å². The summed E-state index contributed by atoms with van der Waals surface area (Å²) in [5.41, 5.74) is 2.04. The lowest BCUT2D eigenvalue weighted by Gasteiger charge is -2.31. The van der Waals surface area contributed by atoms with Gasteiger partial charge in [0.1, 0.15) is 6.10 Å². The molecule has 1 aromatic carbocycles. The number of ether oxygens (including phenoxy) is 1. The molecule has 25 heavy (non-hydrogen) atoms. The summed E-state index contributed by atoms with van der Waals surface area (Å²) in [7, 11) is -3.53. The van der Waals surface area contributed by atoms with Gasteiger partial charge in [0.15, 0.2) is 0 Å². The second kappa shape index (κ2) is 7.39. The van der Waals surface area contributed by atoms with E-state index in [9.17, 15) is 8.42 Å². The maximum atomic E-state index is 12.9. The van der Waals surface area contributed by atoms with E-state index in [0.29, 0.717) is 18.0 Å². The van der Waals surface area contributed by atoms with E-state index < -0.39 is 10.0 Å². The lowest BCUT2D eigenvalue weighted by Crippen LogP contribution is -2.44. The highest BCUT2D eigenvalue weighted by Gasteiger charge is 2.31. The molecule has 2 aromatic rings. The van der Waals surface area contributed by atoms with Crippen molar-refractivity contribution in [3.8, 4) is 6.01 Å². The van der Waals surface area contributed by atoms with Gasteiger partial charge in [-0.15, -0.1) is 0 Å². The Morgan fingerprint density at radius 3 is 2.60 bits per heavy atom. The second-order valence-electron chi connectivity index (χ2n) is 6.18. The summed E-state index contributed by atoms with van der Waals surface area (Å²) < 4.78 is 33.9. The van der Waals surface area contributed by atoms with Gasteiger partial charge < -0.3 is 4.74 Å². The van der Waals surface area contributed by atoms with Gasteiger partial charge in [-0.2, -0.15) is 4.31 Å². The van der Waals surface area contributed by atoms with Gasteiger partial charge in [0.05, 0.1) is 15.9 Å². The van der Waals surface area contributed by atoms with E-state index in [1.807, 2.05) is 19.9 Å². The fourth-order valence-corrected chi connectivity index (χ4v) is 4.55. The molecule has 1 atom stereocenters. The van der Waals surface area contributed by atoms with Crippen LogP contribution in [0.2, 0.25) is 0 Å². The minimum absolute atomic E-state index is 0.253. The molecule has 6 nitrogen and oxygen atoms in total. The first-order valence-electron chi connectivity index (χ1n) is 8.08. The number of benzene rings is 1. The highest BCUT2D eigenvalue weighted by atomic mass is 79.9. The summed E-state index contributed by atoms with van der Waals surface area (Å²) in [5.74, 6) is 0. The molecule has 1 aromatic heterocycles. The molecular formula is C17H20BrN3O3S. The fourth-order valence-electron chi connectivity index (χ4n) is 2.75. The average molecular weight is 426 g/mol. The van der Waals surface area contributed by atoms with Crippen molar-refractivity contribution in [2.45, 2.75) is 37.7 Å². The Balaban J connectivity index is 1.75. The van der Waals surface area contributed by atoms with Crippen LogP contribution in [0.25, 0.3) is 0 Å². The van der Waals surface area contributed by atoms with Crippen LogP contribution < -0.4 is 4.74 Å². The standard InChI is InChI=1S/C17H20BrN3O3S/c1-12-5-6-16(8-13(12)2)25(22,23)21-7-3-4-15(11-21)24-17-19-9-14(18)10-20-17/h5-6,8-10,15H,3-4,7,11H2,1-2H3/t15-/m0/s1. The third-order valence-electron chi connectivity index (χ3n) is 4.33. The van der Waals surface area contributed by atoms with Gasteiger partial charge in [-0.25, -0.2) is 18.4 Å². The molecular weight excluding hydrogens is 406 g/mol. The van der Waals surface area contributed by atoms with E-state index in [-0.39, 0.29) is 12.1 Å². The maximum absolute atomic E-state index is 12.9. The summed E-state index contributed by atoms with van der Waals surface area (Å²) in [5, 5.41) is 0. The first-order valence-corrected chi connectivity index (χ1v) is 10.3. The third-order valence-corrected chi connectivity index (χ3v) is 6.60. The number of hydrogen-bond donors (Lipinski definition) is 0. The van der Waals surface area contributed by atoms with E-state index in [1.165, 1.54) is 4.31 Å². The monoisotopic (exact) mass is 425 g/mol. The minimum Gasteiger partial charge on any atom is -0.459 e. The van der Waals surface area contributed by atoms with E-state index >= 15 is 0 Å². The molecule has 0 aliphatic carbocycles. The average Bonchev–Trinajstić information content (AvgIpc) is 2.59. The van der Waals surface area contributed by atoms with E-state index in [1.54, 1.807) is 24.5 Å². The summed E-state index contributed by atoms with van der Waals surface area (Å²) in [6, 6.07) is 5.50. The molecule has 1 aliphatic rings. The Morgan fingerprint density at radius 1 is 1.20 bits per heavy atom. The minimum atomic E-state index is -3.53. The molecule has 2 heterocycles. The number of sulfonamides is 1. The van der Waals surface area contributed by atoms with Crippen molar-refractivity contribution in [1.82, 2.24) is 14.3 Å². The first-order chi connectivity index (χ1) is 11.9. The number of piperidine rings is 1. The van der Waals surface area contributed by atoms with Crippen molar-refractivity contribution in [2.75, 3.05) is 13.1 Å². The molecule has 134 valence electrons. The summed E-state index contributed by atoms with van der Waals surface area (Å²) in [6.45, 7) is 4.68. The molecule has 0 saturated carbocycles. The van der Waals surface area contributed by atoms with Crippen LogP contribution in [-0.2, 0) is 10.0 Å². The van der Waals surface area contributed by atoms with Crippen LogP contribution in [0.4, 0.5) is 0 Å². The zero-order valence-corrected chi connectivity index (χ0v) is 16.5. The van der Waals surface area contributed by atoms with Crippen molar-refractivity contribution < 1.29 is 13.2 Å². The molecule has 0 spiro atoms. The van der Waals surface area contributed by atoms with Crippen molar-refractivity contribution in [3.63, 3.8) is 0 Å². The quantitative estimate of drug-likeness (QED) is 0.752. The Morgan fingerprint density at radius 2 is 1.92 bits per heavy atom. The number of aromatic nitrogens is 2. The molecule has 8 heteroatoms. The topological polar surface area (TPSA) is 72.4 Å². The summed E-state index contributed by atoms with van der Waals surface area (Å²) in [4.78, 5) is 8.51. The highest BCUT2D eigenvalue weighted by molar-refractivity contribution is 9.10. The largest absolute Gasteiger partial charge is 0.459 e. The number of halogens is 1. The van der Waals surface area contributed by atoms with Crippen LogP contribution in [0.5, 0.6) is 6.01 Å². The molecule has 1 saturated heterocycles. The van der Waals surface area contributed by atoms with Crippen LogP contribution in [0.15, 0.2) is 40.0 Å². The van der Waals surface area contributed by atoms with Crippen LogP contribution in [0, 0.1) is 13.8 Å². The Hall–Kier alpha value is -1.51. The van der Waals surface area contributed by atoms with Gasteiger partial charge in [0.25, 0.3) is 0 Å². The lowest BCUT2D eigenvalue weighted by molar-refractivity contribution is 0.119. The van der Waals surface area contributed by atoms with Crippen molar-refractivity contribution >= 4 is 26.0 Å². The zero-order chi connectivity index (χ0) is 18.0. The van der Waals surface area contributed by atoms with E-state index in [2.05, 4.69) is 25.9 Å². The number of aryl methyl sites for hydroxylation is 2. The van der Waals surface area contributed by atoms with Gasteiger partial charge in [-0.1, -0.05) is 6.07 Å². The number of nitrogens with zero attached hydrogens (tertiary/aromatic N) is 3. The predicted octanol–water partition coefficient (Wildman–Crippen LogP) is 3.09. The van der Waals surface area contributed by atoms with Crippen LogP contribution >= 0.6 is 15.9 Å². The highest BCUT2D eigenvalue weighted by Crippen LogP contribution is 2.24. The van der Waals surface area contributed by atoms with Gasteiger partial charge in [-0.3, -0.25) is 0 Å². The smallest absolute Gasteiger partial charge is 0.316 e. The van der Waals surface area contributed by atoms with E-state index in [0.717, 1.165) is 28.4 Å². The Kier molecular flexibility index (Phi) is 5.41. The SMILES string of the molecule is Cc1ccc(S(=O)(=O)N2CCC[C@H](Oc3ncc(Br)cn3)C2)cc1C. The predicted molar refractivity (Wildman–Crippen MR) is 98.1 cm³/mol. The van der Waals surface area contributed by atoms with Crippen molar-refractivity contribution in [1.29, 1.82) is 0 Å². The van der Waals surface area contributed by atoms with Crippen molar-refractivity contribution in [3.05, 3.63) is 46.2 Å². The summed E-state index contributed by atoms with van der Waals surface area (Å²) in [6.07, 6.45) is 4.48. The van der Waals surface area contributed by atoms with Gasteiger partial charge in [-0.05, 0) is 65.9 Å². The van der Waals surface area contributed by atoms with Gasteiger partial charge in [0.2, 0.25) is 10.0 Å². The van der Waals surface area contributed by atoms with Gasteiger partial charge >= 0.3 is 6.01 Å². The molecule has 0 N–H and O–H groups in total. The van der Waals surface area contributed by atoms with Crippen molar-refractivity contribution in [2.24, 2.45) is 0 Å². The second-order valence-corrected chi connectivity index (χ2v) is 9.03. The van der Waals surface area contributed by atoms with Crippen LogP contribution in [0.1, 0.15) is 24.0 Å². The molecule has 0 amide bonds. The fraction of sp³-hybridized carbons (Fsp3) is 0.412. The normalized spacial score (nSPS) is 18.9. The molecule has 0 unspecified atom stereocenters. The molecule has 0 radical (unpaired) electrons. The van der Waals surface area contributed by atoms with Crippen LogP contribution in [-0.4, -0.2) is 41.9 Å². The summed E-state index contributed by atoms with van der Waals surface area (Å²) >= 11 is 3.27. The Labute approximate surface area is 156 Å². The molecule has 0 bridgehead atoms. The van der Waals surface area contributed by atoms with Gasteiger partial charge in [0, 0.05) is 18.9 Å². The first kappa shape index (κ1) is 18.3. The number of hydrogen-bond acceptors (Lipinski definition) is 5. The Bertz CT molecular complexity index is 856. The number of rotatable bonds is 4. The molecule has 1 aliphatic heterocycles. The third kappa shape index (κ3) is 4.19.